The van der Waals surface area contributed by atoms with Crippen molar-refractivity contribution in [1.29, 1.82) is 0 Å². The van der Waals surface area contributed by atoms with Gasteiger partial charge in [-0.05, 0) is 61.6 Å². The number of pyridine rings is 1. The molecule has 5 rings (SSSR count). The lowest BCUT2D eigenvalue weighted by atomic mass is 9.83. The molecule has 1 heterocycles. The summed E-state index contributed by atoms with van der Waals surface area (Å²) in [5, 5.41) is 5.55. The van der Waals surface area contributed by atoms with Gasteiger partial charge in [-0.15, -0.1) is 0 Å². The molecule has 1 saturated carbocycles. The van der Waals surface area contributed by atoms with E-state index in [2.05, 4.69) is 17.3 Å². The number of para-hydroxylation sites is 1. The molecule has 6 heteroatoms. The first-order valence-corrected chi connectivity index (χ1v) is 14.7. The number of hydrogen-bond acceptors (Lipinski definition) is 6. The lowest BCUT2D eigenvalue weighted by Gasteiger charge is -2.29. The number of esters is 1. The third-order valence-electron chi connectivity index (χ3n) is 7.61. The van der Waals surface area contributed by atoms with Crippen LogP contribution in [0.25, 0.3) is 10.9 Å². The van der Waals surface area contributed by atoms with Crippen LogP contribution < -0.4 is 4.74 Å². The summed E-state index contributed by atoms with van der Waals surface area (Å²) in [6, 6.07) is 30.3. The van der Waals surface area contributed by atoms with E-state index in [1.54, 1.807) is 6.92 Å². The summed E-state index contributed by atoms with van der Waals surface area (Å²) in [5.74, 6) is 0.681. The maximum Gasteiger partial charge on any atom is 0.356 e. The van der Waals surface area contributed by atoms with Gasteiger partial charge in [0.05, 0.1) is 17.8 Å². The molecule has 0 saturated heterocycles. The molecule has 1 atom stereocenters. The van der Waals surface area contributed by atoms with Gasteiger partial charge in [-0.25, -0.2) is 9.78 Å². The Morgan fingerprint density at radius 3 is 2.44 bits per heavy atom. The van der Waals surface area contributed by atoms with Gasteiger partial charge in [0.1, 0.15) is 12.4 Å². The molecule has 0 radical (unpaired) electrons. The summed E-state index contributed by atoms with van der Waals surface area (Å²) < 4.78 is 11.4. The molecule has 1 fully saturated rings. The molecule has 1 unspecified atom stereocenters. The van der Waals surface area contributed by atoms with Crippen molar-refractivity contribution in [2.75, 3.05) is 6.61 Å². The van der Waals surface area contributed by atoms with Crippen LogP contribution in [0.15, 0.2) is 96.2 Å². The number of carbonyl (C=O) groups is 1. The van der Waals surface area contributed by atoms with Crippen LogP contribution in [-0.2, 0) is 27.4 Å². The largest absolute Gasteiger partial charge is 0.487 e. The summed E-state index contributed by atoms with van der Waals surface area (Å²) in [7, 11) is 0. The van der Waals surface area contributed by atoms with Crippen molar-refractivity contribution in [3.8, 4) is 5.75 Å². The lowest BCUT2D eigenvalue weighted by Crippen LogP contribution is -2.22. The number of carbonyl (C=O) groups excluding carboxylic acids is 1. The van der Waals surface area contributed by atoms with Gasteiger partial charge in [-0.3, -0.25) is 0 Å². The molecule has 1 aromatic heterocycles. The molecule has 0 spiro atoms. The molecule has 0 aliphatic heterocycles. The van der Waals surface area contributed by atoms with Crippen LogP contribution in [0.3, 0.4) is 0 Å². The molecular weight excluding hydrogens is 512 g/mol. The molecule has 0 bridgehead atoms. The Bertz CT molecular complexity index is 1430. The Hall–Kier alpha value is -4.19. The molecular formula is C35H38N2O4. The minimum atomic E-state index is -0.420. The van der Waals surface area contributed by atoms with Gasteiger partial charge in [0.2, 0.25) is 0 Å². The van der Waals surface area contributed by atoms with Gasteiger partial charge in [0.25, 0.3) is 0 Å². The normalized spacial score (nSPS) is 14.9. The van der Waals surface area contributed by atoms with E-state index in [-0.39, 0.29) is 6.10 Å². The molecule has 6 nitrogen and oxygen atoms in total. The van der Waals surface area contributed by atoms with E-state index < -0.39 is 5.97 Å². The second-order valence-corrected chi connectivity index (χ2v) is 10.5. The van der Waals surface area contributed by atoms with Crippen LogP contribution in [0.2, 0.25) is 0 Å². The maximum absolute atomic E-state index is 12.7. The fourth-order valence-electron chi connectivity index (χ4n) is 5.38. The summed E-state index contributed by atoms with van der Waals surface area (Å²) in [6.45, 7) is 2.49. The number of benzene rings is 3. The number of aromatic nitrogens is 1. The smallest absolute Gasteiger partial charge is 0.356 e. The van der Waals surface area contributed by atoms with Crippen LogP contribution in [0, 0.1) is 5.92 Å². The van der Waals surface area contributed by atoms with Crippen molar-refractivity contribution in [3.05, 3.63) is 108 Å². The number of rotatable bonds is 12. The number of hydrogen-bond donors (Lipinski definition) is 0. The fourth-order valence-corrected chi connectivity index (χ4v) is 5.38. The highest BCUT2D eigenvalue weighted by Crippen LogP contribution is 2.37. The average Bonchev–Trinajstić information content (AvgIpc) is 3.03. The number of nitrogens with zero attached hydrogens (tertiary/aromatic N) is 2. The molecule has 4 aromatic rings. The van der Waals surface area contributed by atoms with Crippen LogP contribution in [-0.4, -0.2) is 23.3 Å². The zero-order valence-corrected chi connectivity index (χ0v) is 23.7. The van der Waals surface area contributed by atoms with Crippen molar-refractivity contribution in [2.24, 2.45) is 11.1 Å². The molecule has 1 aliphatic carbocycles. The van der Waals surface area contributed by atoms with Gasteiger partial charge >= 0.3 is 5.97 Å². The van der Waals surface area contributed by atoms with Crippen molar-refractivity contribution in [1.82, 2.24) is 4.98 Å². The van der Waals surface area contributed by atoms with E-state index in [1.165, 1.54) is 19.3 Å². The third-order valence-corrected chi connectivity index (χ3v) is 7.61. The van der Waals surface area contributed by atoms with E-state index >= 15 is 0 Å². The Kier molecular flexibility index (Phi) is 9.99. The van der Waals surface area contributed by atoms with Gasteiger partial charge in [0, 0.05) is 17.7 Å². The van der Waals surface area contributed by atoms with Crippen molar-refractivity contribution >= 4 is 22.6 Å². The van der Waals surface area contributed by atoms with E-state index in [9.17, 15) is 4.79 Å². The standard InChI is InChI=1S/C35H38N2O4/c1-2-39-35(38)33(24-17-26-11-5-3-6-12-26)37-41-34(28-14-7-4-8-15-28)29-19-22-31(23-20-29)40-25-30-21-18-27-13-9-10-16-32(27)36-30/h3,5-6,9-13,16,18-23,28,34H,2,4,7-8,14-15,17,24-25H2,1H3/b37-33+. The molecule has 212 valence electrons. The van der Waals surface area contributed by atoms with Crippen LogP contribution in [0.5, 0.6) is 5.75 Å². The van der Waals surface area contributed by atoms with Crippen LogP contribution in [0.4, 0.5) is 0 Å². The Morgan fingerprint density at radius 1 is 0.902 bits per heavy atom. The number of ether oxygens (including phenoxy) is 2. The van der Waals surface area contributed by atoms with Crippen molar-refractivity contribution in [2.45, 2.75) is 64.6 Å². The minimum absolute atomic E-state index is 0.243. The lowest BCUT2D eigenvalue weighted by molar-refractivity contribution is -0.135. The SMILES string of the molecule is CCOC(=O)/C(CCc1ccccc1)=N/OC(c1ccc(OCc2ccc3ccccc3n2)cc1)C1CCCCC1. The van der Waals surface area contributed by atoms with Gasteiger partial charge < -0.3 is 14.3 Å². The van der Waals surface area contributed by atoms with E-state index in [1.807, 2.05) is 78.9 Å². The Labute approximate surface area is 242 Å². The number of fused-ring (bicyclic) bond motifs is 1. The maximum atomic E-state index is 12.7. The van der Waals surface area contributed by atoms with Crippen LogP contribution >= 0.6 is 0 Å². The highest BCUT2D eigenvalue weighted by atomic mass is 16.6. The second-order valence-electron chi connectivity index (χ2n) is 10.5. The molecule has 0 N–H and O–H groups in total. The summed E-state index contributed by atoms with van der Waals surface area (Å²) in [6.07, 6.45) is 6.64. The first-order valence-electron chi connectivity index (χ1n) is 14.7. The number of aryl methyl sites for hydroxylation is 1. The average molecular weight is 551 g/mol. The van der Waals surface area contributed by atoms with Gasteiger partial charge in [-0.2, -0.15) is 0 Å². The Balaban J connectivity index is 1.29. The third kappa shape index (κ3) is 7.94. The first-order chi connectivity index (χ1) is 20.2. The zero-order chi connectivity index (χ0) is 28.3. The highest BCUT2D eigenvalue weighted by molar-refractivity contribution is 6.36. The fraction of sp³-hybridized carbons (Fsp3) is 0.343. The molecule has 41 heavy (non-hydrogen) atoms. The minimum Gasteiger partial charge on any atom is -0.487 e. The summed E-state index contributed by atoms with van der Waals surface area (Å²) >= 11 is 0. The molecule has 3 aromatic carbocycles. The van der Waals surface area contributed by atoms with Gasteiger partial charge in [0.15, 0.2) is 11.8 Å². The van der Waals surface area contributed by atoms with Gasteiger partial charge in [-0.1, -0.05) is 91.1 Å². The van der Waals surface area contributed by atoms with Crippen LogP contribution in [0.1, 0.15) is 68.4 Å². The van der Waals surface area contributed by atoms with E-state index in [4.69, 9.17) is 19.3 Å². The monoisotopic (exact) mass is 550 g/mol. The van der Waals surface area contributed by atoms with E-state index in [0.717, 1.165) is 46.3 Å². The van der Waals surface area contributed by atoms with E-state index in [0.29, 0.717) is 37.7 Å². The van der Waals surface area contributed by atoms with Crippen molar-refractivity contribution in [3.63, 3.8) is 0 Å². The summed E-state index contributed by atoms with van der Waals surface area (Å²) in [4.78, 5) is 23.7. The topological polar surface area (TPSA) is 70.0 Å². The highest BCUT2D eigenvalue weighted by Gasteiger charge is 2.28. The first kappa shape index (κ1) is 28.3. The predicted molar refractivity (Wildman–Crippen MR) is 162 cm³/mol. The quantitative estimate of drug-likeness (QED) is 0.102. The second kappa shape index (κ2) is 14.4. The zero-order valence-electron chi connectivity index (χ0n) is 23.7. The molecule has 1 aliphatic rings. The summed E-state index contributed by atoms with van der Waals surface area (Å²) in [5.41, 5.74) is 4.33. The van der Waals surface area contributed by atoms with Crippen molar-refractivity contribution < 1.29 is 19.1 Å². The number of oxime groups is 1. The molecule has 0 amide bonds. The predicted octanol–water partition coefficient (Wildman–Crippen LogP) is 8.00. The Morgan fingerprint density at radius 2 is 1.66 bits per heavy atom.